The van der Waals surface area contributed by atoms with Crippen molar-refractivity contribution in [1.29, 1.82) is 0 Å². The van der Waals surface area contributed by atoms with Crippen molar-refractivity contribution in [3.8, 4) is 10.6 Å². The van der Waals surface area contributed by atoms with Gasteiger partial charge in [-0.2, -0.15) is 0 Å². The molecule has 0 N–H and O–H groups in total. The zero-order valence-electron chi connectivity index (χ0n) is 10.6. The number of ketones is 1. The minimum atomic E-state index is -0.797. The second kappa shape index (κ2) is 5.46. The molecule has 0 amide bonds. The Morgan fingerprint density at radius 2 is 2.00 bits per heavy atom. The first-order chi connectivity index (χ1) is 9.43. The molecule has 0 aliphatic carbocycles. The summed E-state index contributed by atoms with van der Waals surface area (Å²) < 4.78 is 31.4. The fourth-order valence-corrected chi connectivity index (χ4v) is 2.54. The Hall–Kier alpha value is -2.15. The highest BCUT2D eigenvalue weighted by Gasteiger charge is 2.23. The van der Waals surface area contributed by atoms with Gasteiger partial charge in [-0.3, -0.25) is 4.79 Å². The monoisotopic (exact) mass is 297 g/mol. The van der Waals surface area contributed by atoms with Gasteiger partial charge in [0.2, 0.25) is 0 Å². The zero-order chi connectivity index (χ0) is 14.9. The van der Waals surface area contributed by atoms with Gasteiger partial charge in [0.05, 0.1) is 7.11 Å². The number of halogens is 2. The summed E-state index contributed by atoms with van der Waals surface area (Å²) in [6.07, 6.45) is 0. The van der Waals surface area contributed by atoms with Crippen molar-refractivity contribution in [2.45, 2.75) is 6.92 Å². The maximum absolute atomic E-state index is 13.7. The SMILES string of the molecule is COC(=O)c1nc(-c2cc(F)ccc2F)sc1C(C)=O. The molecule has 104 valence electrons. The van der Waals surface area contributed by atoms with E-state index in [9.17, 15) is 18.4 Å². The summed E-state index contributed by atoms with van der Waals surface area (Å²) >= 11 is 0.819. The van der Waals surface area contributed by atoms with E-state index in [0.29, 0.717) is 0 Å². The molecule has 0 bridgehead atoms. The summed E-state index contributed by atoms with van der Waals surface area (Å²) in [6.45, 7) is 1.26. The fraction of sp³-hybridized carbons (Fsp3) is 0.154. The summed E-state index contributed by atoms with van der Waals surface area (Å²) in [7, 11) is 1.15. The molecule has 0 saturated carbocycles. The third-order valence-electron chi connectivity index (χ3n) is 2.48. The first kappa shape index (κ1) is 14.3. The second-order valence-electron chi connectivity index (χ2n) is 3.87. The number of esters is 1. The molecule has 0 unspecified atom stereocenters. The van der Waals surface area contributed by atoms with Gasteiger partial charge in [0.15, 0.2) is 11.5 Å². The number of rotatable bonds is 3. The van der Waals surface area contributed by atoms with Crippen LogP contribution in [0.5, 0.6) is 0 Å². The van der Waals surface area contributed by atoms with Crippen LogP contribution in [0.3, 0.4) is 0 Å². The quantitative estimate of drug-likeness (QED) is 0.645. The zero-order valence-corrected chi connectivity index (χ0v) is 11.4. The number of aromatic nitrogens is 1. The Kier molecular flexibility index (Phi) is 3.89. The molecule has 2 rings (SSSR count). The minimum Gasteiger partial charge on any atom is -0.464 e. The number of ether oxygens (including phenoxy) is 1. The van der Waals surface area contributed by atoms with Gasteiger partial charge in [0.25, 0.3) is 0 Å². The third-order valence-corrected chi connectivity index (χ3v) is 3.67. The van der Waals surface area contributed by atoms with Crippen molar-refractivity contribution in [2.75, 3.05) is 7.11 Å². The summed E-state index contributed by atoms with van der Waals surface area (Å²) in [5.74, 6) is -2.52. The smallest absolute Gasteiger partial charge is 0.358 e. The second-order valence-corrected chi connectivity index (χ2v) is 4.87. The van der Waals surface area contributed by atoms with Gasteiger partial charge in [-0.25, -0.2) is 18.6 Å². The lowest BCUT2D eigenvalue weighted by Crippen LogP contribution is -2.06. The first-order valence-corrected chi connectivity index (χ1v) is 6.31. The highest BCUT2D eigenvalue weighted by atomic mass is 32.1. The molecule has 2 aromatic rings. The van der Waals surface area contributed by atoms with Crippen LogP contribution in [0, 0.1) is 11.6 Å². The third kappa shape index (κ3) is 2.57. The highest BCUT2D eigenvalue weighted by molar-refractivity contribution is 7.17. The molecule has 0 atom stereocenters. The molecule has 4 nitrogen and oxygen atoms in total. The Morgan fingerprint density at radius 1 is 1.30 bits per heavy atom. The van der Waals surface area contributed by atoms with Crippen LogP contribution in [0.15, 0.2) is 18.2 Å². The topological polar surface area (TPSA) is 56.3 Å². The Morgan fingerprint density at radius 3 is 2.60 bits per heavy atom. The average molecular weight is 297 g/mol. The van der Waals surface area contributed by atoms with Crippen LogP contribution in [0.25, 0.3) is 10.6 Å². The van der Waals surface area contributed by atoms with E-state index < -0.39 is 23.4 Å². The molecule has 0 fully saturated rings. The van der Waals surface area contributed by atoms with E-state index >= 15 is 0 Å². The first-order valence-electron chi connectivity index (χ1n) is 5.49. The Bertz CT molecular complexity index is 697. The summed E-state index contributed by atoms with van der Waals surface area (Å²) in [4.78, 5) is 27.0. The Balaban J connectivity index is 2.61. The largest absolute Gasteiger partial charge is 0.464 e. The molecule has 1 aromatic heterocycles. The molecule has 0 aliphatic heterocycles. The van der Waals surface area contributed by atoms with Crippen molar-refractivity contribution < 1.29 is 23.1 Å². The molecule has 0 saturated heterocycles. The van der Waals surface area contributed by atoms with Crippen molar-refractivity contribution in [3.05, 3.63) is 40.4 Å². The number of hydrogen-bond acceptors (Lipinski definition) is 5. The van der Waals surface area contributed by atoms with Gasteiger partial charge < -0.3 is 4.74 Å². The van der Waals surface area contributed by atoms with Crippen molar-refractivity contribution in [2.24, 2.45) is 0 Å². The van der Waals surface area contributed by atoms with Crippen LogP contribution < -0.4 is 0 Å². The van der Waals surface area contributed by atoms with Crippen LogP contribution in [-0.2, 0) is 4.74 Å². The van der Waals surface area contributed by atoms with E-state index in [0.717, 1.165) is 36.6 Å². The van der Waals surface area contributed by atoms with Gasteiger partial charge >= 0.3 is 5.97 Å². The molecule has 20 heavy (non-hydrogen) atoms. The lowest BCUT2D eigenvalue weighted by atomic mass is 10.2. The van der Waals surface area contributed by atoms with Gasteiger partial charge in [-0.1, -0.05) is 0 Å². The molecule has 0 radical (unpaired) electrons. The number of thiazole rings is 1. The van der Waals surface area contributed by atoms with E-state index in [1.807, 2.05) is 0 Å². The molecule has 0 spiro atoms. The van der Waals surface area contributed by atoms with Gasteiger partial charge in [0.1, 0.15) is 21.5 Å². The lowest BCUT2D eigenvalue weighted by molar-refractivity contribution is 0.0591. The predicted molar refractivity (Wildman–Crippen MR) is 68.8 cm³/mol. The van der Waals surface area contributed by atoms with Crippen molar-refractivity contribution >= 4 is 23.1 Å². The van der Waals surface area contributed by atoms with Crippen LogP contribution in [0.4, 0.5) is 8.78 Å². The summed E-state index contributed by atoms with van der Waals surface area (Å²) in [5.41, 5.74) is -0.295. The van der Waals surface area contributed by atoms with Crippen molar-refractivity contribution in [3.63, 3.8) is 0 Å². The van der Waals surface area contributed by atoms with Gasteiger partial charge in [-0.05, 0) is 18.2 Å². The van der Waals surface area contributed by atoms with Crippen LogP contribution in [0.1, 0.15) is 27.1 Å². The predicted octanol–water partition coefficient (Wildman–Crippen LogP) is 3.08. The fourth-order valence-electron chi connectivity index (χ4n) is 1.57. The van der Waals surface area contributed by atoms with E-state index in [-0.39, 0.29) is 21.1 Å². The maximum Gasteiger partial charge on any atom is 0.358 e. The van der Waals surface area contributed by atoms with Crippen LogP contribution in [-0.4, -0.2) is 23.8 Å². The molecular weight excluding hydrogens is 288 g/mol. The average Bonchev–Trinajstić information content (AvgIpc) is 2.85. The highest BCUT2D eigenvalue weighted by Crippen LogP contribution is 2.31. The van der Waals surface area contributed by atoms with Gasteiger partial charge in [0, 0.05) is 12.5 Å². The molecule has 7 heteroatoms. The van der Waals surface area contributed by atoms with Crippen LogP contribution >= 0.6 is 11.3 Å². The lowest BCUT2D eigenvalue weighted by Gasteiger charge is -1.98. The summed E-state index contributed by atoms with van der Waals surface area (Å²) in [6, 6.07) is 2.88. The van der Waals surface area contributed by atoms with Gasteiger partial charge in [-0.15, -0.1) is 11.3 Å². The van der Waals surface area contributed by atoms with E-state index in [1.54, 1.807) is 0 Å². The summed E-state index contributed by atoms with van der Waals surface area (Å²) in [5, 5.41) is 0.0487. The normalized spacial score (nSPS) is 10.4. The number of nitrogens with zero attached hydrogens (tertiary/aromatic N) is 1. The van der Waals surface area contributed by atoms with E-state index in [1.165, 1.54) is 6.92 Å². The standard InChI is InChI=1S/C13H9F2NO3S/c1-6(17)11-10(13(18)19-2)16-12(20-11)8-5-7(14)3-4-9(8)15/h3-5H,1-2H3. The molecular formula is C13H9F2NO3S. The number of hydrogen-bond donors (Lipinski definition) is 0. The van der Waals surface area contributed by atoms with Crippen molar-refractivity contribution in [1.82, 2.24) is 4.98 Å². The Labute approximate surface area is 117 Å². The molecule has 1 aromatic carbocycles. The van der Waals surface area contributed by atoms with E-state index in [4.69, 9.17) is 0 Å². The number of carbonyl (C=O) groups is 2. The van der Waals surface area contributed by atoms with E-state index in [2.05, 4.69) is 9.72 Å². The maximum atomic E-state index is 13.7. The number of Topliss-reactive ketones (excluding diaryl/α,β-unsaturated/α-hetero) is 1. The molecule has 1 heterocycles. The molecule has 0 aliphatic rings. The minimum absolute atomic E-state index is 0.0487. The number of methoxy groups -OCH3 is 1. The number of carbonyl (C=O) groups excluding carboxylic acids is 2. The van der Waals surface area contributed by atoms with Crippen LogP contribution in [0.2, 0.25) is 0 Å². The number of benzene rings is 1.